The highest BCUT2D eigenvalue weighted by Crippen LogP contribution is 2.49. The van der Waals surface area contributed by atoms with E-state index in [1.54, 1.807) is 30.3 Å². The van der Waals surface area contributed by atoms with Crippen LogP contribution in [0.2, 0.25) is 0 Å². The summed E-state index contributed by atoms with van der Waals surface area (Å²) in [4.78, 5) is 12.8. The number of allylic oxidation sites excluding steroid dienone is 2. The minimum atomic E-state index is -4.56. The zero-order chi connectivity index (χ0) is 16.5. The fourth-order valence-electron chi connectivity index (χ4n) is 3.90. The Morgan fingerprint density at radius 1 is 1.00 bits per heavy atom. The zero-order valence-corrected chi connectivity index (χ0v) is 12.9. The zero-order valence-electron chi connectivity index (χ0n) is 12.9. The maximum absolute atomic E-state index is 13.6. The number of nitrogens with one attached hydrogen (secondary N) is 1. The molecule has 0 amide bonds. The van der Waals surface area contributed by atoms with Gasteiger partial charge in [-0.2, -0.15) is 13.2 Å². The molecule has 0 bridgehead atoms. The van der Waals surface area contributed by atoms with Crippen LogP contribution in [0, 0.1) is 5.41 Å². The van der Waals surface area contributed by atoms with Crippen molar-refractivity contribution in [3.63, 3.8) is 0 Å². The van der Waals surface area contributed by atoms with Crippen LogP contribution in [0.4, 0.5) is 18.9 Å². The SMILES string of the molecule is O=C1/C(=C(/Nc2ccccc2)C(F)(F)F)CCCC12CCCC2. The average molecular weight is 323 g/mol. The minimum absolute atomic E-state index is 0.0606. The van der Waals surface area contributed by atoms with Crippen molar-refractivity contribution < 1.29 is 18.0 Å². The number of hydrogen-bond donors (Lipinski definition) is 1. The maximum Gasteiger partial charge on any atom is 0.431 e. The predicted molar refractivity (Wildman–Crippen MR) is 82.9 cm³/mol. The van der Waals surface area contributed by atoms with Gasteiger partial charge in [0.1, 0.15) is 5.70 Å². The number of carbonyl (C=O) groups excluding carboxylic acids is 1. The first-order chi connectivity index (χ1) is 10.9. The summed E-state index contributed by atoms with van der Waals surface area (Å²) in [6.45, 7) is 0. The molecule has 5 heteroatoms. The Hall–Kier alpha value is -1.78. The van der Waals surface area contributed by atoms with E-state index in [9.17, 15) is 18.0 Å². The standard InChI is InChI=1S/C18H20F3NO/c19-18(20,21)15(22-13-7-2-1-3-8-13)14-9-6-12-17(16(14)23)10-4-5-11-17/h1-3,7-8,22H,4-6,9-12H2/b15-14+. The predicted octanol–water partition coefficient (Wildman–Crippen LogP) is 5.23. The molecule has 1 aromatic carbocycles. The molecule has 0 saturated heterocycles. The number of carbonyl (C=O) groups is 1. The lowest BCUT2D eigenvalue weighted by atomic mass is 9.69. The fourth-order valence-corrected chi connectivity index (χ4v) is 3.90. The number of benzene rings is 1. The number of anilines is 1. The molecule has 0 unspecified atom stereocenters. The lowest BCUT2D eigenvalue weighted by Gasteiger charge is -2.34. The molecule has 0 radical (unpaired) electrons. The smallest absolute Gasteiger partial charge is 0.351 e. The molecule has 1 aromatic rings. The highest BCUT2D eigenvalue weighted by atomic mass is 19.4. The summed E-state index contributed by atoms with van der Waals surface area (Å²) in [7, 11) is 0. The van der Waals surface area contributed by atoms with E-state index in [1.165, 1.54) is 0 Å². The molecule has 0 aromatic heterocycles. The van der Waals surface area contributed by atoms with Crippen LogP contribution in [-0.4, -0.2) is 12.0 Å². The molecule has 2 nitrogen and oxygen atoms in total. The Kier molecular flexibility index (Phi) is 4.21. The summed E-state index contributed by atoms with van der Waals surface area (Å²) >= 11 is 0. The third-order valence-electron chi connectivity index (χ3n) is 5.03. The molecule has 124 valence electrons. The largest absolute Gasteiger partial charge is 0.431 e. The fraction of sp³-hybridized carbons (Fsp3) is 0.500. The molecule has 1 spiro atoms. The van der Waals surface area contributed by atoms with Crippen molar-refractivity contribution in [2.45, 2.75) is 51.1 Å². The van der Waals surface area contributed by atoms with Gasteiger partial charge in [-0.15, -0.1) is 0 Å². The van der Waals surface area contributed by atoms with Crippen LogP contribution >= 0.6 is 0 Å². The molecule has 3 rings (SSSR count). The lowest BCUT2D eigenvalue weighted by molar-refractivity contribution is -0.128. The number of rotatable bonds is 2. The van der Waals surface area contributed by atoms with Gasteiger partial charge in [0.2, 0.25) is 0 Å². The van der Waals surface area contributed by atoms with Crippen LogP contribution in [-0.2, 0) is 4.79 Å². The van der Waals surface area contributed by atoms with Crippen LogP contribution in [0.15, 0.2) is 41.6 Å². The van der Waals surface area contributed by atoms with Gasteiger partial charge >= 0.3 is 6.18 Å². The van der Waals surface area contributed by atoms with E-state index in [0.29, 0.717) is 12.1 Å². The first-order valence-electron chi connectivity index (χ1n) is 8.10. The summed E-state index contributed by atoms with van der Waals surface area (Å²) in [5.74, 6) is -0.281. The molecule has 23 heavy (non-hydrogen) atoms. The second kappa shape index (κ2) is 6.02. The van der Waals surface area contributed by atoms with E-state index in [2.05, 4.69) is 5.32 Å². The molecule has 0 aliphatic heterocycles. The number of hydrogen-bond acceptors (Lipinski definition) is 2. The molecular formula is C18H20F3NO. The molecule has 0 atom stereocenters. The van der Waals surface area contributed by atoms with Gasteiger partial charge < -0.3 is 5.32 Å². The number of Topliss-reactive ketones (excluding diaryl/α,β-unsaturated/α-hetero) is 1. The molecule has 2 fully saturated rings. The lowest BCUT2D eigenvalue weighted by Crippen LogP contribution is -2.36. The first-order valence-corrected chi connectivity index (χ1v) is 8.10. The summed E-state index contributed by atoms with van der Waals surface area (Å²) in [5.41, 5.74) is -1.12. The van der Waals surface area contributed by atoms with E-state index in [0.717, 1.165) is 32.1 Å². The van der Waals surface area contributed by atoms with Crippen LogP contribution in [0.3, 0.4) is 0 Å². The Labute approximate surface area is 133 Å². The van der Waals surface area contributed by atoms with Gasteiger partial charge in [-0.1, -0.05) is 31.0 Å². The van der Waals surface area contributed by atoms with Crippen LogP contribution in [0.1, 0.15) is 44.9 Å². The Balaban J connectivity index is 2.00. The average Bonchev–Trinajstić information content (AvgIpc) is 2.98. The van der Waals surface area contributed by atoms with Gasteiger partial charge in [-0.05, 0) is 44.2 Å². The molecule has 2 aliphatic rings. The van der Waals surface area contributed by atoms with E-state index in [1.807, 2.05) is 0 Å². The molecule has 2 aliphatic carbocycles. The number of ketones is 1. The highest BCUT2D eigenvalue weighted by Gasteiger charge is 2.48. The van der Waals surface area contributed by atoms with Crippen LogP contribution in [0.5, 0.6) is 0 Å². The Morgan fingerprint density at radius 2 is 1.61 bits per heavy atom. The summed E-state index contributed by atoms with van der Waals surface area (Å²) in [6, 6.07) is 8.23. The Morgan fingerprint density at radius 3 is 2.22 bits per heavy atom. The second-order valence-corrected chi connectivity index (χ2v) is 6.51. The quantitative estimate of drug-likeness (QED) is 0.755. The van der Waals surface area contributed by atoms with Gasteiger partial charge in [0, 0.05) is 16.7 Å². The highest BCUT2D eigenvalue weighted by molar-refractivity contribution is 6.02. The minimum Gasteiger partial charge on any atom is -0.351 e. The number of halogens is 3. The Bertz CT molecular complexity index is 613. The number of para-hydroxylation sites is 1. The van der Waals surface area contributed by atoms with Crippen molar-refractivity contribution in [1.82, 2.24) is 0 Å². The summed E-state index contributed by atoms with van der Waals surface area (Å²) < 4.78 is 40.7. The van der Waals surface area contributed by atoms with Crippen molar-refractivity contribution in [3.05, 3.63) is 41.6 Å². The third-order valence-corrected chi connectivity index (χ3v) is 5.03. The van der Waals surface area contributed by atoms with Crippen LogP contribution < -0.4 is 5.32 Å². The van der Waals surface area contributed by atoms with Crippen molar-refractivity contribution in [2.24, 2.45) is 5.41 Å². The van der Waals surface area contributed by atoms with E-state index >= 15 is 0 Å². The van der Waals surface area contributed by atoms with Crippen LogP contribution in [0.25, 0.3) is 0 Å². The first kappa shape index (κ1) is 16.1. The van der Waals surface area contributed by atoms with Gasteiger partial charge in [-0.3, -0.25) is 4.79 Å². The monoisotopic (exact) mass is 323 g/mol. The van der Waals surface area contributed by atoms with E-state index in [4.69, 9.17) is 0 Å². The molecule has 2 saturated carbocycles. The summed E-state index contributed by atoms with van der Waals surface area (Å²) in [6.07, 6.45) is 0.354. The molecular weight excluding hydrogens is 303 g/mol. The second-order valence-electron chi connectivity index (χ2n) is 6.51. The third kappa shape index (κ3) is 3.14. The molecule has 0 heterocycles. The van der Waals surface area contributed by atoms with Crippen molar-refractivity contribution in [2.75, 3.05) is 5.32 Å². The van der Waals surface area contributed by atoms with Gasteiger partial charge in [0.05, 0.1) is 0 Å². The van der Waals surface area contributed by atoms with Crippen molar-refractivity contribution in [1.29, 1.82) is 0 Å². The topological polar surface area (TPSA) is 29.1 Å². The van der Waals surface area contributed by atoms with Gasteiger partial charge in [-0.25, -0.2) is 0 Å². The van der Waals surface area contributed by atoms with Gasteiger partial charge in [0.15, 0.2) is 5.78 Å². The van der Waals surface area contributed by atoms with E-state index < -0.39 is 17.3 Å². The number of alkyl halides is 3. The van der Waals surface area contributed by atoms with Gasteiger partial charge in [0.25, 0.3) is 0 Å². The summed E-state index contributed by atoms with van der Waals surface area (Å²) in [5, 5.41) is 2.46. The van der Waals surface area contributed by atoms with E-state index in [-0.39, 0.29) is 17.8 Å². The van der Waals surface area contributed by atoms with Crippen molar-refractivity contribution in [3.8, 4) is 0 Å². The molecule has 1 N–H and O–H groups in total. The normalized spacial score (nSPS) is 23.2. The van der Waals surface area contributed by atoms with Crippen molar-refractivity contribution >= 4 is 11.5 Å². The maximum atomic E-state index is 13.6.